The van der Waals surface area contributed by atoms with E-state index in [1.165, 1.54) is 19.1 Å². The van der Waals surface area contributed by atoms with E-state index in [2.05, 4.69) is 10.0 Å². The summed E-state index contributed by atoms with van der Waals surface area (Å²) in [5.74, 6) is -0.231. The fourth-order valence-electron chi connectivity index (χ4n) is 1.75. The fourth-order valence-corrected chi connectivity index (χ4v) is 4.94. The normalized spacial score (nSPS) is 12.9. The third-order valence-corrected chi connectivity index (χ3v) is 6.33. The molecule has 7 nitrogen and oxygen atoms in total. The summed E-state index contributed by atoms with van der Waals surface area (Å²) in [6.07, 6.45) is 0.386. The molecule has 0 fully saturated rings. The van der Waals surface area contributed by atoms with Gasteiger partial charge in [-0.3, -0.25) is 4.79 Å². The van der Waals surface area contributed by atoms with Gasteiger partial charge in [0.15, 0.2) is 9.84 Å². The highest BCUT2D eigenvalue weighted by molar-refractivity contribution is 7.93. The van der Waals surface area contributed by atoms with Gasteiger partial charge in [0.25, 0.3) is 0 Å². The first kappa shape index (κ1) is 18.6. The van der Waals surface area contributed by atoms with Gasteiger partial charge in [-0.05, 0) is 39.0 Å². The van der Waals surface area contributed by atoms with Gasteiger partial charge >= 0.3 is 0 Å². The molecule has 0 aromatic heterocycles. The summed E-state index contributed by atoms with van der Waals surface area (Å²) < 4.78 is 51.6. The molecule has 0 atom stereocenters. The molecular weight excluding hydrogens is 328 g/mol. The Balaban J connectivity index is 3.60. The second kappa shape index (κ2) is 6.35. The summed E-state index contributed by atoms with van der Waals surface area (Å²) >= 11 is 0. The number of anilines is 1. The lowest BCUT2D eigenvalue weighted by molar-refractivity contribution is -0.105. The first-order chi connectivity index (χ1) is 9.93. The Hall–Kier alpha value is -1.45. The zero-order valence-electron chi connectivity index (χ0n) is 12.9. The van der Waals surface area contributed by atoms with E-state index in [4.69, 9.17) is 0 Å². The largest absolute Gasteiger partial charge is 0.329 e. The second-order valence-electron chi connectivity index (χ2n) is 5.68. The molecule has 1 amide bonds. The number of hydrogen-bond donors (Lipinski definition) is 2. The molecule has 0 heterocycles. The van der Waals surface area contributed by atoms with E-state index in [0.717, 1.165) is 6.07 Å². The van der Waals surface area contributed by atoms with Crippen LogP contribution in [0.5, 0.6) is 0 Å². The first-order valence-corrected chi connectivity index (χ1v) is 9.67. The van der Waals surface area contributed by atoms with Crippen LogP contribution in [-0.4, -0.2) is 34.5 Å². The van der Waals surface area contributed by atoms with Gasteiger partial charge in [0.1, 0.15) is 4.90 Å². The summed E-state index contributed by atoms with van der Waals surface area (Å²) in [7, 11) is -7.80. The highest BCUT2D eigenvalue weighted by atomic mass is 32.2. The van der Waals surface area contributed by atoms with E-state index in [1.807, 2.05) is 0 Å². The maximum absolute atomic E-state index is 12.5. The molecule has 0 saturated carbocycles. The quantitative estimate of drug-likeness (QED) is 0.749. The topological polar surface area (TPSA) is 109 Å². The zero-order chi connectivity index (χ0) is 17.2. The molecule has 2 N–H and O–H groups in total. The molecule has 0 aliphatic rings. The van der Waals surface area contributed by atoms with Crippen molar-refractivity contribution in [3.63, 3.8) is 0 Å². The molecule has 1 aromatic carbocycles. The Morgan fingerprint density at radius 2 is 1.68 bits per heavy atom. The monoisotopic (exact) mass is 348 g/mol. The number of sulfone groups is 1. The van der Waals surface area contributed by atoms with Crippen molar-refractivity contribution in [3.05, 3.63) is 18.2 Å². The van der Waals surface area contributed by atoms with Crippen LogP contribution in [0.4, 0.5) is 5.69 Å². The van der Waals surface area contributed by atoms with Gasteiger partial charge in [0.2, 0.25) is 16.4 Å². The molecule has 1 aromatic rings. The van der Waals surface area contributed by atoms with E-state index >= 15 is 0 Å². The molecule has 0 saturated heterocycles. The zero-order valence-corrected chi connectivity index (χ0v) is 14.5. The van der Waals surface area contributed by atoms with Crippen LogP contribution in [0.3, 0.4) is 0 Å². The number of amides is 1. The van der Waals surface area contributed by atoms with E-state index < -0.39 is 25.4 Å². The maximum Gasteiger partial charge on any atom is 0.242 e. The van der Waals surface area contributed by atoms with Gasteiger partial charge < -0.3 is 5.32 Å². The molecule has 0 radical (unpaired) electrons. The lowest BCUT2D eigenvalue weighted by Crippen LogP contribution is -2.41. The number of carbonyl (C=O) groups excluding carboxylic acids is 1. The minimum atomic E-state index is -4.07. The van der Waals surface area contributed by atoms with Crippen molar-refractivity contribution in [3.8, 4) is 0 Å². The average Bonchev–Trinajstić information content (AvgIpc) is 2.36. The molecular formula is C13H20N2O5S2. The van der Waals surface area contributed by atoms with Gasteiger partial charge in [-0.25, -0.2) is 21.6 Å². The summed E-state index contributed by atoms with van der Waals surface area (Å²) in [6.45, 7) is 6.37. The summed E-state index contributed by atoms with van der Waals surface area (Å²) in [6, 6.07) is 3.65. The van der Waals surface area contributed by atoms with Gasteiger partial charge in [0.05, 0.1) is 10.6 Å². The predicted octanol–water partition coefficient (Wildman–Crippen LogP) is 1.13. The number of rotatable bonds is 6. The Bertz CT molecular complexity index is 762. The van der Waals surface area contributed by atoms with Crippen molar-refractivity contribution < 1.29 is 21.6 Å². The van der Waals surface area contributed by atoms with Crippen molar-refractivity contribution in [1.29, 1.82) is 0 Å². The van der Waals surface area contributed by atoms with Crippen LogP contribution in [-0.2, 0) is 24.7 Å². The number of benzene rings is 1. The van der Waals surface area contributed by atoms with Crippen LogP contribution in [0.2, 0.25) is 0 Å². The van der Waals surface area contributed by atoms with E-state index in [9.17, 15) is 21.6 Å². The lowest BCUT2D eigenvalue weighted by atomic mass is 10.1. The third kappa shape index (κ3) is 4.52. The van der Waals surface area contributed by atoms with E-state index in [0.29, 0.717) is 6.41 Å². The fraction of sp³-hybridized carbons (Fsp3) is 0.462. The predicted molar refractivity (Wildman–Crippen MR) is 83.9 cm³/mol. The first-order valence-electron chi connectivity index (χ1n) is 6.54. The van der Waals surface area contributed by atoms with Gasteiger partial charge in [-0.1, -0.05) is 6.92 Å². The van der Waals surface area contributed by atoms with Crippen LogP contribution in [0.15, 0.2) is 28.0 Å². The molecule has 124 valence electrons. The van der Waals surface area contributed by atoms with Crippen molar-refractivity contribution in [2.75, 3.05) is 11.1 Å². The van der Waals surface area contributed by atoms with Crippen LogP contribution < -0.4 is 10.0 Å². The number of nitrogens with one attached hydrogen (secondary N) is 2. The SMILES string of the molecule is CCS(=O)(=O)c1ccc(NC=O)cc1S(=O)(=O)NC(C)(C)C. The summed E-state index contributed by atoms with van der Waals surface area (Å²) in [5, 5.41) is 2.31. The standard InChI is InChI=1S/C13H20N2O5S2/c1-5-21(17,18)11-7-6-10(14-9-16)8-12(11)22(19,20)15-13(2,3)4/h6-9,15H,5H2,1-4H3,(H,14,16). The van der Waals surface area contributed by atoms with E-state index in [1.54, 1.807) is 20.8 Å². The van der Waals surface area contributed by atoms with Crippen LogP contribution >= 0.6 is 0 Å². The highest BCUT2D eigenvalue weighted by Gasteiger charge is 2.29. The molecule has 0 bridgehead atoms. The average molecular weight is 348 g/mol. The Labute approximate surface area is 131 Å². The van der Waals surface area contributed by atoms with Crippen molar-refractivity contribution >= 4 is 32.0 Å². The minimum Gasteiger partial charge on any atom is -0.329 e. The van der Waals surface area contributed by atoms with Gasteiger partial charge in [-0.15, -0.1) is 0 Å². The van der Waals surface area contributed by atoms with Crippen LogP contribution in [0.1, 0.15) is 27.7 Å². The lowest BCUT2D eigenvalue weighted by Gasteiger charge is -2.21. The van der Waals surface area contributed by atoms with Crippen LogP contribution in [0, 0.1) is 0 Å². The molecule has 9 heteroatoms. The summed E-state index contributed by atoms with van der Waals surface area (Å²) in [5.41, 5.74) is -0.584. The number of carbonyl (C=O) groups is 1. The molecule has 1 rings (SSSR count). The van der Waals surface area contributed by atoms with Crippen LogP contribution in [0.25, 0.3) is 0 Å². The Morgan fingerprint density at radius 1 is 1.09 bits per heavy atom. The van der Waals surface area contributed by atoms with E-state index in [-0.39, 0.29) is 21.2 Å². The minimum absolute atomic E-state index is 0.194. The second-order valence-corrected chi connectivity index (χ2v) is 9.58. The van der Waals surface area contributed by atoms with Crippen molar-refractivity contribution in [2.24, 2.45) is 0 Å². The number of hydrogen-bond acceptors (Lipinski definition) is 5. The van der Waals surface area contributed by atoms with Gasteiger partial charge in [0, 0.05) is 11.2 Å². The Morgan fingerprint density at radius 3 is 2.14 bits per heavy atom. The number of sulfonamides is 1. The molecule has 22 heavy (non-hydrogen) atoms. The Kier molecular flexibility index (Phi) is 5.37. The molecule has 0 spiro atoms. The highest BCUT2D eigenvalue weighted by Crippen LogP contribution is 2.26. The smallest absolute Gasteiger partial charge is 0.242 e. The van der Waals surface area contributed by atoms with Gasteiger partial charge in [-0.2, -0.15) is 0 Å². The molecule has 0 aliphatic heterocycles. The third-order valence-electron chi connectivity index (χ3n) is 2.61. The summed E-state index contributed by atoms with van der Waals surface area (Å²) in [4.78, 5) is 9.84. The maximum atomic E-state index is 12.5. The molecule has 0 aliphatic carbocycles. The van der Waals surface area contributed by atoms with Crippen molar-refractivity contribution in [2.45, 2.75) is 43.0 Å². The van der Waals surface area contributed by atoms with Crippen molar-refractivity contribution in [1.82, 2.24) is 4.72 Å². The molecule has 0 unspecified atom stereocenters.